The monoisotopic (exact) mass is 227 g/mol. The molecule has 92 valence electrons. The number of carbonyl (C=O) groups is 2. The standard InChI is InChI=1S/C12H21NO3/c1-12(2,3)7-10(14)13-9-5-4-8(6-9)11(15)16/h8-9H,4-7H2,1-3H3,(H,13,14)(H,15,16)/t8-,9+/m0/s1. The molecule has 1 aliphatic carbocycles. The van der Waals surface area contributed by atoms with Crippen molar-refractivity contribution in [1.82, 2.24) is 5.32 Å². The van der Waals surface area contributed by atoms with E-state index >= 15 is 0 Å². The number of hydrogen-bond acceptors (Lipinski definition) is 2. The van der Waals surface area contributed by atoms with Crippen molar-refractivity contribution in [1.29, 1.82) is 0 Å². The fraction of sp³-hybridized carbons (Fsp3) is 0.833. The average molecular weight is 227 g/mol. The van der Waals surface area contributed by atoms with Crippen molar-refractivity contribution < 1.29 is 14.7 Å². The number of aliphatic carboxylic acids is 1. The molecule has 1 saturated carbocycles. The van der Waals surface area contributed by atoms with Gasteiger partial charge in [-0.05, 0) is 24.7 Å². The molecular weight excluding hydrogens is 206 g/mol. The summed E-state index contributed by atoms with van der Waals surface area (Å²) in [4.78, 5) is 22.4. The van der Waals surface area contributed by atoms with E-state index in [0.29, 0.717) is 19.3 Å². The second kappa shape index (κ2) is 4.85. The molecule has 1 aliphatic rings. The van der Waals surface area contributed by atoms with Gasteiger partial charge in [-0.25, -0.2) is 0 Å². The fourth-order valence-electron chi connectivity index (χ4n) is 2.10. The van der Waals surface area contributed by atoms with Crippen molar-refractivity contribution in [3.05, 3.63) is 0 Å². The summed E-state index contributed by atoms with van der Waals surface area (Å²) in [6, 6.07) is 0.0518. The van der Waals surface area contributed by atoms with E-state index in [0.717, 1.165) is 6.42 Å². The molecule has 0 aromatic heterocycles. The van der Waals surface area contributed by atoms with Gasteiger partial charge in [0, 0.05) is 12.5 Å². The Balaban J connectivity index is 2.34. The summed E-state index contributed by atoms with van der Waals surface area (Å²) in [6.07, 6.45) is 2.52. The van der Waals surface area contributed by atoms with Crippen molar-refractivity contribution in [2.45, 2.75) is 52.5 Å². The Morgan fingerprint density at radius 2 is 1.94 bits per heavy atom. The second-order valence-corrected chi connectivity index (χ2v) is 5.85. The van der Waals surface area contributed by atoms with E-state index in [2.05, 4.69) is 5.32 Å². The Hall–Kier alpha value is -1.06. The highest BCUT2D eigenvalue weighted by Gasteiger charge is 2.30. The summed E-state index contributed by atoms with van der Waals surface area (Å²) in [7, 11) is 0. The van der Waals surface area contributed by atoms with Gasteiger partial charge in [0.2, 0.25) is 5.91 Å². The number of carboxylic acids is 1. The Bertz CT molecular complexity index is 280. The summed E-state index contributed by atoms with van der Waals surface area (Å²) in [5, 5.41) is 11.8. The zero-order chi connectivity index (χ0) is 12.3. The van der Waals surface area contributed by atoms with Crippen LogP contribution in [0.25, 0.3) is 0 Å². The molecule has 0 heterocycles. The Morgan fingerprint density at radius 3 is 2.38 bits per heavy atom. The van der Waals surface area contributed by atoms with Crippen molar-refractivity contribution in [3.63, 3.8) is 0 Å². The molecule has 2 atom stereocenters. The molecule has 0 bridgehead atoms. The molecule has 0 aromatic carbocycles. The quantitative estimate of drug-likeness (QED) is 0.772. The van der Waals surface area contributed by atoms with Crippen LogP contribution in [0.2, 0.25) is 0 Å². The van der Waals surface area contributed by atoms with Crippen molar-refractivity contribution in [2.75, 3.05) is 0 Å². The summed E-state index contributed by atoms with van der Waals surface area (Å²) < 4.78 is 0. The normalized spacial score (nSPS) is 25.4. The summed E-state index contributed by atoms with van der Waals surface area (Å²) >= 11 is 0. The first-order chi connectivity index (χ1) is 7.28. The van der Waals surface area contributed by atoms with Crippen LogP contribution in [0, 0.1) is 11.3 Å². The Kier molecular flexibility index (Phi) is 3.94. The zero-order valence-electron chi connectivity index (χ0n) is 10.2. The highest BCUT2D eigenvalue weighted by molar-refractivity contribution is 5.77. The molecule has 1 fully saturated rings. The minimum Gasteiger partial charge on any atom is -0.481 e. The predicted molar refractivity (Wildman–Crippen MR) is 61.0 cm³/mol. The topological polar surface area (TPSA) is 66.4 Å². The highest BCUT2D eigenvalue weighted by atomic mass is 16.4. The molecule has 2 N–H and O–H groups in total. The molecule has 4 heteroatoms. The maximum atomic E-state index is 11.6. The number of amides is 1. The predicted octanol–water partition coefficient (Wildman–Crippen LogP) is 1.79. The number of nitrogens with one attached hydrogen (secondary N) is 1. The van der Waals surface area contributed by atoms with E-state index < -0.39 is 5.97 Å². The zero-order valence-corrected chi connectivity index (χ0v) is 10.2. The summed E-state index contributed by atoms with van der Waals surface area (Å²) in [5.74, 6) is -0.990. The fourth-order valence-corrected chi connectivity index (χ4v) is 2.10. The largest absolute Gasteiger partial charge is 0.481 e. The Labute approximate surface area is 96.4 Å². The molecule has 16 heavy (non-hydrogen) atoms. The van der Waals surface area contributed by atoms with Crippen molar-refractivity contribution in [2.24, 2.45) is 11.3 Å². The minimum absolute atomic E-state index is 0.0190. The van der Waals surface area contributed by atoms with E-state index in [9.17, 15) is 9.59 Å². The number of carbonyl (C=O) groups excluding carboxylic acids is 1. The van der Waals surface area contributed by atoms with Crippen LogP contribution in [0.5, 0.6) is 0 Å². The first-order valence-corrected chi connectivity index (χ1v) is 5.80. The van der Waals surface area contributed by atoms with Gasteiger partial charge in [-0.15, -0.1) is 0 Å². The molecule has 0 radical (unpaired) electrons. The SMILES string of the molecule is CC(C)(C)CC(=O)N[C@@H]1CC[C@H](C(=O)O)C1. The molecule has 1 amide bonds. The van der Waals surface area contributed by atoms with Gasteiger partial charge >= 0.3 is 5.97 Å². The van der Waals surface area contributed by atoms with Gasteiger partial charge in [0.05, 0.1) is 5.92 Å². The third-order valence-corrected chi connectivity index (χ3v) is 2.84. The molecule has 0 spiro atoms. The van der Waals surface area contributed by atoms with Crippen LogP contribution in [0.15, 0.2) is 0 Å². The van der Waals surface area contributed by atoms with Gasteiger partial charge in [-0.3, -0.25) is 9.59 Å². The third-order valence-electron chi connectivity index (χ3n) is 2.84. The molecule has 0 unspecified atom stereocenters. The molecule has 0 aliphatic heterocycles. The van der Waals surface area contributed by atoms with Gasteiger partial charge in [0.15, 0.2) is 0 Å². The molecule has 4 nitrogen and oxygen atoms in total. The summed E-state index contributed by atoms with van der Waals surface area (Å²) in [6.45, 7) is 6.05. The lowest BCUT2D eigenvalue weighted by molar-refractivity contribution is -0.141. The lowest BCUT2D eigenvalue weighted by Gasteiger charge is -2.19. The number of hydrogen-bond donors (Lipinski definition) is 2. The van der Waals surface area contributed by atoms with E-state index in [4.69, 9.17) is 5.11 Å². The summed E-state index contributed by atoms with van der Waals surface area (Å²) in [5.41, 5.74) is -0.0190. The van der Waals surface area contributed by atoms with Crippen LogP contribution >= 0.6 is 0 Å². The highest BCUT2D eigenvalue weighted by Crippen LogP contribution is 2.26. The third kappa shape index (κ3) is 4.21. The second-order valence-electron chi connectivity index (χ2n) is 5.85. The molecule has 0 aromatic rings. The minimum atomic E-state index is -0.743. The smallest absolute Gasteiger partial charge is 0.306 e. The maximum Gasteiger partial charge on any atom is 0.306 e. The number of carboxylic acid groups (broad SMARTS) is 1. The molecule has 1 rings (SSSR count). The van der Waals surface area contributed by atoms with Crippen LogP contribution in [0.1, 0.15) is 46.5 Å². The van der Waals surface area contributed by atoms with Crippen LogP contribution in [-0.4, -0.2) is 23.0 Å². The lowest BCUT2D eigenvalue weighted by atomic mass is 9.92. The van der Waals surface area contributed by atoms with Crippen molar-refractivity contribution in [3.8, 4) is 0 Å². The first kappa shape index (κ1) is 13.0. The first-order valence-electron chi connectivity index (χ1n) is 5.80. The van der Waals surface area contributed by atoms with Crippen LogP contribution in [0.3, 0.4) is 0 Å². The van der Waals surface area contributed by atoms with Gasteiger partial charge in [0.25, 0.3) is 0 Å². The van der Waals surface area contributed by atoms with Crippen molar-refractivity contribution >= 4 is 11.9 Å². The van der Waals surface area contributed by atoms with Crippen LogP contribution in [-0.2, 0) is 9.59 Å². The van der Waals surface area contributed by atoms with Gasteiger partial charge in [0.1, 0.15) is 0 Å². The van der Waals surface area contributed by atoms with E-state index in [-0.39, 0.29) is 23.3 Å². The van der Waals surface area contributed by atoms with Gasteiger partial charge < -0.3 is 10.4 Å². The van der Waals surface area contributed by atoms with Crippen LogP contribution in [0.4, 0.5) is 0 Å². The van der Waals surface area contributed by atoms with Gasteiger partial charge in [-0.2, -0.15) is 0 Å². The van der Waals surface area contributed by atoms with Gasteiger partial charge in [-0.1, -0.05) is 20.8 Å². The average Bonchev–Trinajstić information content (AvgIpc) is 2.48. The maximum absolute atomic E-state index is 11.6. The van der Waals surface area contributed by atoms with E-state index in [1.54, 1.807) is 0 Å². The van der Waals surface area contributed by atoms with E-state index in [1.165, 1.54) is 0 Å². The van der Waals surface area contributed by atoms with E-state index in [1.807, 2.05) is 20.8 Å². The molecule has 0 saturated heterocycles. The molecular formula is C12H21NO3. The van der Waals surface area contributed by atoms with Crippen LogP contribution < -0.4 is 5.32 Å². The lowest BCUT2D eigenvalue weighted by Crippen LogP contribution is -2.35. The Morgan fingerprint density at radius 1 is 1.31 bits per heavy atom. The number of rotatable bonds is 3.